The highest BCUT2D eigenvalue weighted by Crippen LogP contribution is 2.00. The predicted molar refractivity (Wildman–Crippen MR) is 67.3 cm³/mol. The van der Waals surface area contributed by atoms with Gasteiger partial charge in [0.1, 0.15) is 5.82 Å². The van der Waals surface area contributed by atoms with Gasteiger partial charge in [-0.25, -0.2) is 4.98 Å². The largest absolute Gasteiger partial charge is 0.338 e. The SMILES string of the molecule is CCCN(CCCN)CCc1nccn1C. The van der Waals surface area contributed by atoms with E-state index in [2.05, 4.69) is 21.4 Å². The highest BCUT2D eigenvalue weighted by molar-refractivity contribution is 4.91. The number of imidazole rings is 1. The first kappa shape index (κ1) is 13.2. The lowest BCUT2D eigenvalue weighted by Crippen LogP contribution is -2.29. The van der Waals surface area contributed by atoms with E-state index in [1.807, 2.05) is 19.4 Å². The summed E-state index contributed by atoms with van der Waals surface area (Å²) >= 11 is 0. The third-order valence-corrected chi connectivity index (χ3v) is 2.79. The van der Waals surface area contributed by atoms with E-state index in [-0.39, 0.29) is 0 Å². The van der Waals surface area contributed by atoms with Gasteiger partial charge in [0, 0.05) is 32.4 Å². The van der Waals surface area contributed by atoms with Gasteiger partial charge >= 0.3 is 0 Å². The van der Waals surface area contributed by atoms with E-state index in [1.54, 1.807) is 0 Å². The summed E-state index contributed by atoms with van der Waals surface area (Å²) in [5.41, 5.74) is 5.54. The summed E-state index contributed by atoms with van der Waals surface area (Å²) in [4.78, 5) is 6.81. The quantitative estimate of drug-likeness (QED) is 0.717. The second-order valence-electron chi connectivity index (χ2n) is 4.19. The van der Waals surface area contributed by atoms with Crippen molar-refractivity contribution >= 4 is 0 Å². The fourth-order valence-electron chi connectivity index (χ4n) is 1.86. The van der Waals surface area contributed by atoms with Gasteiger partial charge in [-0.3, -0.25) is 0 Å². The van der Waals surface area contributed by atoms with Crippen LogP contribution in [0.1, 0.15) is 25.6 Å². The van der Waals surface area contributed by atoms with Crippen LogP contribution in [0.5, 0.6) is 0 Å². The van der Waals surface area contributed by atoms with E-state index in [1.165, 1.54) is 6.42 Å². The highest BCUT2D eigenvalue weighted by atomic mass is 15.1. The summed E-state index contributed by atoms with van der Waals surface area (Å²) in [5.74, 6) is 1.16. The molecule has 0 aliphatic rings. The Morgan fingerprint density at radius 3 is 2.75 bits per heavy atom. The first-order chi connectivity index (χ1) is 7.77. The molecular formula is C12H24N4. The van der Waals surface area contributed by atoms with Crippen LogP contribution in [0.4, 0.5) is 0 Å². The molecular weight excluding hydrogens is 200 g/mol. The van der Waals surface area contributed by atoms with Crippen molar-refractivity contribution in [2.75, 3.05) is 26.2 Å². The van der Waals surface area contributed by atoms with Crippen molar-refractivity contribution in [2.24, 2.45) is 12.8 Å². The second-order valence-corrected chi connectivity index (χ2v) is 4.19. The minimum absolute atomic E-state index is 0.780. The average Bonchev–Trinajstić information content (AvgIpc) is 2.68. The van der Waals surface area contributed by atoms with Gasteiger partial charge in [-0.05, 0) is 32.5 Å². The first-order valence-electron chi connectivity index (χ1n) is 6.16. The van der Waals surface area contributed by atoms with Gasteiger partial charge in [-0.15, -0.1) is 0 Å². The maximum Gasteiger partial charge on any atom is 0.109 e. The van der Waals surface area contributed by atoms with Gasteiger partial charge < -0.3 is 15.2 Å². The fourth-order valence-corrected chi connectivity index (χ4v) is 1.86. The third-order valence-electron chi connectivity index (χ3n) is 2.79. The van der Waals surface area contributed by atoms with Crippen LogP contribution >= 0.6 is 0 Å². The Labute approximate surface area is 98.5 Å². The van der Waals surface area contributed by atoms with Crippen LogP contribution in [-0.4, -0.2) is 40.6 Å². The van der Waals surface area contributed by atoms with Crippen molar-refractivity contribution in [2.45, 2.75) is 26.2 Å². The maximum atomic E-state index is 5.54. The molecule has 4 heteroatoms. The van der Waals surface area contributed by atoms with Gasteiger partial charge in [0.05, 0.1) is 0 Å². The molecule has 0 bridgehead atoms. The summed E-state index contributed by atoms with van der Waals surface area (Å²) in [6.07, 6.45) is 7.17. The monoisotopic (exact) mass is 224 g/mol. The third kappa shape index (κ3) is 4.33. The van der Waals surface area contributed by atoms with E-state index < -0.39 is 0 Å². The molecule has 0 aliphatic carbocycles. The lowest BCUT2D eigenvalue weighted by Gasteiger charge is -2.21. The minimum Gasteiger partial charge on any atom is -0.338 e. The number of hydrogen-bond acceptors (Lipinski definition) is 3. The molecule has 0 spiro atoms. The van der Waals surface area contributed by atoms with Crippen LogP contribution in [0.3, 0.4) is 0 Å². The van der Waals surface area contributed by atoms with Crippen molar-refractivity contribution in [1.29, 1.82) is 0 Å². The molecule has 1 rings (SSSR count). The molecule has 0 saturated heterocycles. The Hall–Kier alpha value is -0.870. The molecule has 1 aromatic heterocycles. The molecule has 0 fully saturated rings. The zero-order valence-electron chi connectivity index (χ0n) is 10.5. The van der Waals surface area contributed by atoms with Gasteiger partial charge in [0.25, 0.3) is 0 Å². The smallest absolute Gasteiger partial charge is 0.109 e. The standard InChI is InChI=1S/C12H24N4/c1-3-8-16(9-4-6-13)10-5-12-14-7-11-15(12)2/h7,11H,3-6,8-10,13H2,1-2H3. The Kier molecular flexibility index (Phi) is 6.11. The van der Waals surface area contributed by atoms with Crippen LogP contribution in [-0.2, 0) is 13.5 Å². The summed E-state index contributed by atoms with van der Waals surface area (Å²) in [7, 11) is 2.05. The number of aryl methyl sites for hydroxylation is 1. The zero-order valence-corrected chi connectivity index (χ0v) is 10.5. The van der Waals surface area contributed by atoms with Crippen LogP contribution in [0.2, 0.25) is 0 Å². The van der Waals surface area contributed by atoms with Crippen molar-refractivity contribution < 1.29 is 0 Å². The molecule has 1 heterocycles. The lowest BCUT2D eigenvalue weighted by atomic mass is 10.3. The molecule has 0 saturated carbocycles. The molecule has 1 aromatic rings. The highest BCUT2D eigenvalue weighted by Gasteiger charge is 2.05. The van der Waals surface area contributed by atoms with E-state index in [0.29, 0.717) is 0 Å². The number of nitrogens with zero attached hydrogens (tertiary/aromatic N) is 3. The Balaban J connectivity index is 2.34. The van der Waals surface area contributed by atoms with Crippen molar-refractivity contribution in [3.63, 3.8) is 0 Å². The molecule has 0 aromatic carbocycles. The van der Waals surface area contributed by atoms with E-state index >= 15 is 0 Å². The summed E-state index contributed by atoms with van der Waals surface area (Å²) in [6.45, 7) is 6.34. The first-order valence-corrected chi connectivity index (χ1v) is 6.16. The van der Waals surface area contributed by atoms with Crippen molar-refractivity contribution in [1.82, 2.24) is 14.5 Å². The molecule has 92 valence electrons. The number of rotatable bonds is 8. The minimum atomic E-state index is 0.780. The van der Waals surface area contributed by atoms with Gasteiger partial charge in [-0.2, -0.15) is 0 Å². The van der Waals surface area contributed by atoms with E-state index in [9.17, 15) is 0 Å². The Morgan fingerprint density at radius 2 is 2.19 bits per heavy atom. The molecule has 0 unspecified atom stereocenters. The molecule has 0 amide bonds. The van der Waals surface area contributed by atoms with E-state index in [4.69, 9.17) is 5.73 Å². The van der Waals surface area contributed by atoms with Crippen molar-refractivity contribution in [3.8, 4) is 0 Å². The molecule has 0 radical (unpaired) electrons. The number of aromatic nitrogens is 2. The summed E-state index contributed by atoms with van der Waals surface area (Å²) < 4.78 is 2.09. The van der Waals surface area contributed by atoms with Crippen LogP contribution in [0, 0.1) is 0 Å². The predicted octanol–water partition coefficient (Wildman–Crippen LogP) is 1.02. The topological polar surface area (TPSA) is 47.1 Å². The van der Waals surface area contributed by atoms with Gasteiger partial charge in [0.15, 0.2) is 0 Å². The fraction of sp³-hybridized carbons (Fsp3) is 0.750. The van der Waals surface area contributed by atoms with Gasteiger partial charge in [-0.1, -0.05) is 6.92 Å². The van der Waals surface area contributed by atoms with Crippen LogP contribution in [0.25, 0.3) is 0 Å². The molecule has 2 N–H and O–H groups in total. The van der Waals surface area contributed by atoms with Crippen LogP contribution in [0.15, 0.2) is 12.4 Å². The Morgan fingerprint density at radius 1 is 1.38 bits per heavy atom. The second kappa shape index (κ2) is 7.41. The normalized spacial score (nSPS) is 11.2. The zero-order chi connectivity index (χ0) is 11.8. The summed E-state index contributed by atoms with van der Waals surface area (Å²) in [6, 6.07) is 0. The average molecular weight is 224 g/mol. The number of nitrogens with two attached hydrogens (primary N) is 1. The molecule has 0 aliphatic heterocycles. The van der Waals surface area contributed by atoms with Crippen LogP contribution < -0.4 is 5.73 Å². The molecule has 0 atom stereocenters. The van der Waals surface area contributed by atoms with Gasteiger partial charge in [0.2, 0.25) is 0 Å². The van der Waals surface area contributed by atoms with E-state index in [0.717, 1.165) is 44.8 Å². The van der Waals surface area contributed by atoms with Crippen molar-refractivity contribution in [3.05, 3.63) is 18.2 Å². The molecule has 4 nitrogen and oxygen atoms in total. The Bertz CT molecular complexity index is 282. The summed E-state index contributed by atoms with van der Waals surface area (Å²) in [5, 5.41) is 0. The lowest BCUT2D eigenvalue weighted by molar-refractivity contribution is 0.273. The maximum absolute atomic E-state index is 5.54. The number of hydrogen-bond donors (Lipinski definition) is 1. The molecule has 16 heavy (non-hydrogen) atoms.